The number of carbonyl (C=O) groups is 1. The number of hydrogen-bond acceptors (Lipinski definition) is 3. The van der Waals surface area contributed by atoms with E-state index in [-0.39, 0.29) is 5.97 Å². The van der Waals surface area contributed by atoms with Crippen LogP contribution in [-0.2, 0) is 0 Å². The second-order valence-electron chi connectivity index (χ2n) is 7.68. The summed E-state index contributed by atoms with van der Waals surface area (Å²) < 4.78 is 5.69. The van der Waals surface area contributed by atoms with Crippen molar-refractivity contribution in [1.82, 2.24) is 0 Å². The first-order valence-electron chi connectivity index (χ1n) is 9.61. The van der Waals surface area contributed by atoms with Crippen LogP contribution in [0.4, 0.5) is 0 Å². The van der Waals surface area contributed by atoms with Gasteiger partial charge in [-0.1, -0.05) is 45.2 Å². The number of hydrogen-bond donors (Lipinski definition) is 1. The van der Waals surface area contributed by atoms with Crippen LogP contribution < -0.4 is 4.74 Å². The van der Waals surface area contributed by atoms with Crippen molar-refractivity contribution in [2.24, 2.45) is 0 Å². The van der Waals surface area contributed by atoms with Crippen LogP contribution in [0.3, 0.4) is 0 Å². The second-order valence-corrected chi connectivity index (χ2v) is 8.16. The Hall–Kier alpha value is -1.74. The Morgan fingerprint density at radius 3 is 2.35 bits per heavy atom. The molecule has 1 fully saturated rings. The van der Waals surface area contributed by atoms with Crippen molar-refractivity contribution < 1.29 is 9.53 Å². The first-order valence-corrected chi connectivity index (χ1v) is 10.1. The van der Waals surface area contributed by atoms with Gasteiger partial charge in [-0.2, -0.15) is 0 Å². The third-order valence-corrected chi connectivity index (χ3v) is 5.76. The number of benzene rings is 2. The van der Waals surface area contributed by atoms with Crippen molar-refractivity contribution >= 4 is 18.6 Å². The maximum absolute atomic E-state index is 12.6. The number of thiol groups is 1. The monoisotopic (exact) mass is 368 g/mol. The molecule has 0 radical (unpaired) electrons. The minimum atomic E-state index is -0.301. The Labute approximate surface area is 162 Å². The lowest BCUT2D eigenvalue weighted by Crippen LogP contribution is -2.11. The Kier molecular flexibility index (Phi) is 6.08. The Morgan fingerprint density at radius 2 is 1.73 bits per heavy atom. The molecule has 1 saturated carbocycles. The molecule has 1 aliphatic rings. The average molecular weight is 369 g/mol. The van der Waals surface area contributed by atoms with Crippen LogP contribution in [0.15, 0.2) is 41.3 Å². The normalized spacial score (nSPS) is 15.3. The average Bonchev–Trinajstić information content (AvgIpc) is 2.64. The van der Waals surface area contributed by atoms with Gasteiger partial charge < -0.3 is 4.74 Å². The minimum absolute atomic E-state index is 0.301. The summed E-state index contributed by atoms with van der Waals surface area (Å²) in [7, 11) is 0. The number of rotatable bonds is 4. The summed E-state index contributed by atoms with van der Waals surface area (Å²) in [6.45, 7) is 6.17. The maximum atomic E-state index is 12.6. The molecule has 0 unspecified atom stereocenters. The molecule has 0 amide bonds. The van der Waals surface area contributed by atoms with E-state index in [2.05, 4.69) is 38.6 Å². The van der Waals surface area contributed by atoms with Gasteiger partial charge in [-0.3, -0.25) is 0 Å². The van der Waals surface area contributed by atoms with Gasteiger partial charge in [0.2, 0.25) is 0 Å². The van der Waals surface area contributed by atoms with Crippen molar-refractivity contribution in [2.75, 3.05) is 0 Å². The van der Waals surface area contributed by atoms with E-state index in [0.717, 1.165) is 16.0 Å². The predicted molar refractivity (Wildman–Crippen MR) is 110 cm³/mol. The summed E-state index contributed by atoms with van der Waals surface area (Å²) >= 11 is 4.54. The largest absolute Gasteiger partial charge is 0.423 e. The SMILES string of the molecule is Cc1cc(S)c(C(C)C)cc1OC(=O)c1ccc(C2CCCCC2)cc1. The van der Waals surface area contributed by atoms with Gasteiger partial charge in [0, 0.05) is 4.90 Å². The lowest BCUT2D eigenvalue weighted by atomic mass is 9.84. The Morgan fingerprint density at radius 1 is 1.08 bits per heavy atom. The fourth-order valence-electron chi connectivity index (χ4n) is 3.75. The fourth-order valence-corrected chi connectivity index (χ4v) is 4.26. The lowest BCUT2D eigenvalue weighted by molar-refractivity contribution is 0.0733. The van der Waals surface area contributed by atoms with Crippen molar-refractivity contribution in [3.05, 3.63) is 58.7 Å². The maximum Gasteiger partial charge on any atom is 0.343 e. The molecule has 3 heteroatoms. The number of aryl methyl sites for hydroxylation is 1. The van der Waals surface area contributed by atoms with E-state index in [4.69, 9.17) is 4.74 Å². The highest BCUT2D eigenvalue weighted by atomic mass is 32.1. The Bertz CT molecular complexity index is 772. The molecule has 2 aromatic carbocycles. The van der Waals surface area contributed by atoms with Gasteiger partial charge in [0.15, 0.2) is 0 Å². The second kappa shape index (κ2) is 8.30. The lowest BCUT2D eigenvalue weighted by Gasteiger charge is -2.22. The first-order chi connectivity index (χ1) is 12.5. The zero-order valence-electron chi connectivity index (χ0n) is 15.9. The van der Waals surface area contributed by atoms with Crippen LogP contribution in [0.1, 0.15) is 84.8 Å². The van der Waals surface area contributed by atoms with Gasteiger partial charge in [0.1, 0.15) is 5.75 Å². The minimum Gasteiger partial charge on any atom is -0.423 e. The van der Waals surface area contributed by atoms with E-state index < -0.39 is 0 Å². The van der Waals surface area contributed by atoms with Gasteiger partial charge in [0.05, 0.1) is 5.56 Å². The van der Waals surface area contributed by atoms with E-state index >= 15 is 0 Å². The highest BCUT2D eigenvalue weighted by molar-refractivity contribution is 7.80. The van der Waals surface area contributed by atoms with E-state index in [0.29, 0.717) is 23.1 Å². The highest BCUT2D eigenvalue weighted by Crippen LogP contribution is 2.33. The van der Waals surface area contributed by atoms with Crippen LogP contribution in [0, 0.1) is 6.92 Å². The molecule has 0 N–H and O–H groups in total. The molecule has 0 atom stereocenters. The topological polar surface area (TPSA) is 26.3 Å². The zero-order chi connectivity index (χ0) is 18.7. The zero-order valence-corrected chi connectivity index (χ0v) is 16.8. The molecular weight excluding hydrogens is 340 g/mol. The molecule has 0 aromatic heterocycles. The molecule has 138 valence electrons. The molecule has 0 heterocycles. The number of ether oxygens (including phenoxy) is 1. The van der Waals surface area contributed by atoms with Gasteiger partial charge in [0.25, 0.3) is 0 Å². The van der Waals surface area contributed by atoms with Crippen LogP contribution in [-0.4, -0.2) is 5.97 Å². The standard InChI is InChI=1S/C23H28O2S/c1-15(2)20-14-21(16(3)13-22(20)26)25-23(24)19-11-9-18(10-12-19)17-7-5-4-6-8-17/h9-15,17,26H,4-8H2,1-3H3. The summed E-state index contributed by atoms with van der Waals surface area (Å²) in [6, 6.07) is 11.9. The molecule has 0 spiro atoms. The summed E-state index contributed by atoms with van der Waals surface area (Å²) in [5.74, 6) is 1.29. The molecular formula is C23H28O2S. The van der Waals surface area contributed by atoms with Gasteiger partial charge in [-0.25, -0.2) is 4.79 Å². The van der Waals surface area contributed by atoms with Crippen molar-refractivity contribution in [3.8, 4) is 5.75 Å². The van der Waals surface area contributed by atoms with Crippen LogP contribution in [0.25, 0.3) is 0 Å². The quantitative estimate of drug-likeness (QED) is 0.370. The van der Waals surface area contributed by atoms with E-state index in [9.17, 15) is 4.79 Å². The van der Waals surface area contributed by atoms with Gasteiger partial charge in [-0.05, 0) is 72.6 Å². The van der Waals surface area contributed by atoms with Crippen LogP contribution in [0.5, 0.6) is 5.75 Å². The molecule has 0 aliphatic heterocycles. The summed E-state index contributed by atoms with van der Waals surface area (Å²) in [5.41, 5.74) is 3.96. The number of esters is 1. The molecule has 1 aliphatic carbocycles. The third-order valence-electron chi connectivity index (χ3n) is 5.37. The summed E-state index contributed by atoms with van der Waals surface area (Å²) in [6.07, 6.45) is 6.50. The number of carbonyl (C=O) groups excluding carboxylic acids is 1. The van der Waals surface area contributed by atoms with Crippen LogP contribution in [0.2, 0.25) is 0 Å². The van der Waals surface area contributed by atoms with Crippen molar-refractivity contribution in [1.29, 1.82) is 0 Å². The van der Waals surface area contributed by atoms with Crippen molar-refractivity contribution in [3.63, 3.8) is 0 Å². The van der Waals surface area contributed by atoms with Crippen LogP contribution >= 0.6 is 12.6 Å². The third kappa shape index (κ3) is 4.32. The summed E-state index contributed by atoms with van der Waals surface area (Å²) in [4.78, 5) is 13.5. The fraction of sp³-hybridized carbons (Fsp3) is 0.435. The van der Waals surface area contributed by atoms with E-state index in [1.54, 1.807) is 0 Å². The molecule has 0 bridgehead atoms. The van der Waals surface area contributed by atoms with Crippen molar-refractivity contribution in [2.45, 2.75) is 69.6 Å². The molecule has 2 aromatic rings. The molecule has 0 saturated heterocycles. The summed E-state index contributed by atoms with van der Waals surface area (Å²) in [5, 5.41) is 0. The first kappa shape index (κ1) is 19.0. The Balaban J connectivity index is 1.75. The molecule has 2 nitrogen and oxygen atoms in total. The van der Waals surface area contributed by atoms with E-state index in [1.807, 2.05) is 31.2 Å². The molecule has 26 heavy (non-hydrogen) atoms. The smallest absolute Gasteiger partial charge is 0.343 e. The van der Waals surface area contributed by atoms with Gasteiger partial charge in [-0.15, -0.1) is 12.6 Å². The van der Waals surface area contributed by atoms with Gasteiger partial charge >= 0.3 is 5.97 Å². The highest BCUT2D eigenvalue weighted by Gasteiger charge is 2.17. The predicted octanol–water partition coefficient (Wildman–Crippen LogP) is 6.67. The molecule has 3 rings (SSSR count). The van der Waals surface area contributed by atoms with E-state index in [1.165, 1.54) is 37.7 Å².